The van der Waals surface area contributed by atoms with Gasteiger partial charge in [-0.25, -0.2) is 0 Å². The Morgan fingerprint density at radius 2 is 2.26 bits per heavy atom. The van der Waals surface area contributed by atoms with E-state index in [-0.39, 0.29) is 6.02 Å². The summed E-state index contributed by atoms with van der Waals surface area (Å²) in [6.07, 6.45) is 1.57. The molecule has 1 aliphatic rings. The van der Waals surface area contributed by atoms with Crippen molar-refractivity contribution in [1.29, 1.82) is 5.26 Å². The number of aliphatic imine (C=N–C) groups is 1. The number of aryl methyl sites for hydroxylation is 1. The van der Waals surface area contributed by atoms with E-state index in [1.54, 1.807) is 20.0 Å². The molecule has 0 radical (unpaired) electrons. The fourth-order valence-corrected chi connectivity index (χ4v) is 2.45. The minimum Gasteiger partial charge on any atom is -0.846 e. The van der Waals surface area contributed by atoms with Crippen LogP contribution >= 0.6 is 11.6 Å². The number of fused-ring (bicyclic) bond motifs is 1. The lowest BCUT2D eigenvalue weighted by molar-refractivity contribution is -0.238. The SMILES string of the molecule is CN1C([O-])=NCCCc2ccc(Cl)cc2[C@]1(C)C#N. The van der Waals surface area contributed by atoms with Crippen LogP contribution in [0.3, 0.4) is 0 Å². The first-order valence-corrected chi connectivity index (χ1v) is 6.52. The van der Waals surface area contributed by atoms with Crippen LogP contribution in [0, 0.1) is 11.3 Å². The molecule has 1 heterocycles. The van der Waals surface area contributed by atoms with Crippen molar-refractivity contribution in [3.63, 3.8) is 0 Å². The molecule has 100 valence electrons. The third-order valence-electron chi connectivity index (χ3n) is 3.62. The van der Waals surface area contributed by atoms with Crippen LogP contribution in [-0.2, 0) is 12.0 Å². The van der Waals surface area contributed by atoms with Crippen molar-refractivity contribution < 1.29 is 5.11 Å². The van der Waals surface area contributed by atoms with Crippen LogP contribution in [0.4, 0.5) is 0 Å². The third kappa shape index (κ3) is 2.39. The number of nitrogens with zero attached hydrogens (tertiary/aromatic N) is 3. The van der Waals surface area contributed by atoms with Crippen LogP contribution in [0.15, 0.2) is 23.2 Å². The van der Waals surface area contributed by atoms with Crippen LogP contribution < -0.4 is 5.11 Å². The molecule has 0 saturated heterocycles. The molecule has 0 fully saturated rings. The van der Waals surface area contributed by atoms with E-state index in [4.69, 9.17) is 11.6 Å². The van der Waals surface area contributed by atoms with Gasteiger partial charge in [0.25, 0.3) is 0 Å². The summed E-state index contributed by atoms with van der Waals surface area (Å²) >= 11 is 6.04. The van der Waals surface area contributed by atoms with Gasteiger partial charge in [-0.1, -0.05) is 17.7 Å². The molecule has 2 rings (SSSR count). The zero-order valence-electron chi connectivity index (χ0n) is 11.0. The zero-order valence-corrected chi connectivity index (χ0v) is 11.7. The molecular formula is C14H15ClN3O-. The fraction of sp³-hybridized carbons (Fsp3) is 0.429. The van der Waals surface area contributed by atoms with Crippen molar-refractivity contribution in [2.75, 3.05) is 13.6 Å². The van der Waals surface area contributed by atoms with E-state index in [9.17, 15) is 10.4 Å². The first kappa shape index (κ1) is 13.7. The predicted octanol–water partition coefficient (Wildman–Crippen LogP) is 1.67. The Morgan fingerprint density at radius 3 is 2.95 bits per heavy atom. The summed E-state index contributed by atoms with van der Waals surface area (Å²) in [5, 5.41) is 22.1. The molecular weight excluding hydrogens is 262 g/mol. The summed E-state index contributed by atoms with van der Waals surface area (Å²) in [6, 6.07) is 7.38. The van der Waals surface area contributed by atoms with Gasteiger partial charge in [0.15, 0.2) is 5.54 Å². The molecule has 1 atom stereocenters. The summed E-state index contributed by atoms with van der Waals surface area (Å²) in [5.74, 6) is 0. The second-order valence-corrected chi connectivity index (χ2v) is 5.25. The molecule has 0 saturated carbocycles. The molecule has 1 aromatic rings. The average Bonchev–Trinajstić information content (AvgIpc) is 2.45. The molecule has 0 N–H and O–H groups in total. The second kappa shape index (κ2) is 5.10. The Balaban J connectivity index is 2.65. The topological polar surface area (TPSA) is 62.4 Å². The molecule has 0 aromatic heterocycles. The van der Waals surface area contributed by atoms with Crippen molar-refractivity contribution in [3.8, 4) is 6.07 Å². The number of amidine groups is 1. The summed E-state index contributed by atoms with van der Waals surface area (Å²) in [5.41, 5.74) is 0.783. The van der Waals surface area contributed by atoms with Crippen LogP contribution in [0.1, 0.15) is 24.5 Å². The standard InChI is InChI=1S/C14H16ClN3O/c1-14(9-16)12-8-11(15)6-5-10(12)4-3-7-17-13(19)18(14)2/h5-6,8H,3-4,7H2,1-2H3,(H,17,19)/p-1/t14-/m0/s1. The minimum absolute atomic E-state index is 0.364. The van der Waals surface area contributed by atoms with Gasteiger partial charge < -0.3 is 10.0 Å². The average molecular weight is 277 g/mol. The number of rotatable bonds is 0. The quantitative estimate of drug-likeness (QED) is 0.724. The lowest BCUT2D eigenvalue weighted by atomic mass is 9.87. The van der Waals surface area contributed by atoms with E-state index in [1.165, 1.54) is 4.90 Å². The Morgan fingerprint density at radius 1 is 1.53 bits per heavy atom. The molecule has 5 heteroatoms. The van der Waals surface area contributed by atoms with Gasteiger partial charge in [-0.15, -0.1) is 0 Å². The van der Waals surface area contributed by atoms with E-state index in [0.717, 1.165) is 24.0 Å². The number of benzene rings is 1. The van der Waals surface area contributed by atoms with E-state index in [1.807, 2.05) is 12.1 Å². The summed E-state index contributed by atoms with van der Waals surface area (Å²) in [4.78, 5) is 5.36. The molecule has 0 amide bonds. The first-order valence-electron chi connectivity index (χ1n) is 6.14. The van der Waals surface area contributed by atoms with Crippen LogP contribution in [-0.4, -0.2) is 24.5 Å². The van der Waals surface area contributed by atoms with Gasteiger partial charge in [0.2, 0.25) is 0 Å². The Bertz CT molecular complexity index is 564. The van der Waals surface area contributed by atoms with Gasteiger partial charge in [0.05, 0.1) is 12.1 Å². The number of hydrogen-bond donors (Lipinski definition) is 0. The van der Waals surface area contributed by atoms with Crippen LogP contribution in [0.5, 0.6) is 0 Å². The van der Waals surface area contributed by atoms with Gasteiger partial charge in [0.1, 0.15) is 0 Å². The second-order valence-electron chi connectivity index (χ2n) is 4.81. The highest BCUT2D eigenvalue weighted by atomic mass is 35.5. The van der Waals surface area contributed by atoms with E-state index in [2.05, 4.69) is 11.1 Å². The third-order valence-corrected chi connectivity index (χ3v) is 3.86. The smallest absolute Gasteiger partial charge is 0.150 e. The Labute approximate surface area is 117 Å². The highest BCUT2D eigenvalue weighted by Gasteiger charge is 2.34. The van der Waals surface area contributed by atoms with Gasteiger partial charge in [0, 0.05) is 18.6 Å². The first-order chi connectivity index (χ1) is 8.99. The number of halogens is 1. The zero-order chi connectivity index (χ0) is 14.0. The highest BCUT2D eigenvalue weighted by Crippen LogP contribution is 2.32. The molecule has 0 bridgehead atoms. The van der Waals surface area contributed by atoms with Gasteiger partial charge in [-0.3, -0.25) is 4.99 Å². The maximum absolute atomic E-state index is 12.0. The summed E-state index contributed by atoms with van der Waals surface area (Å²) in [6.45, 7) is 2.20. The summed E-state index contributed by atoms with van der Waals surface area (Å²) < 4.78 is 0. The number of hydrogen-bond acceptors (Lipinski definition) is 4. The lowest BCUT2D eigenvalue weighted by Gasteiger charge is -2.38. The van der Waals surface area contributed by atoms with E-state index < -0.39 is 5.54 Å². The van der Waals surface area contributed by atoms with Gasteiger partial charge in [-0.05, 0) is 43.0 Å². The molecule has 4 nitrogen and oxygen atoms in total. The largest absolute Gasteiger partial charge is 0.846 e. The van der Waals surface area contributed by atoms with Crippen molar-refractivity contribution in [1.82, 2.24) is 4.90 Å². The normalized spacial score (nSPS) is 23.5. The molecule has 1 aliphatic heterocycles. The lowest BCUT2D eigenvalue weighted by Crippen LogP contribution is -2.49. The Hall–Kier alpha value is -1.73. The monoisotopic (exact) mass is 276 g/mol. The van der Waals surface area contributed by atoms with Crippen molar-refractivity contribution in [2.45, 2.75) is 25.3 Å². The van der Waals surface area contributed by atoms with Crippen molar-refractivity contribution >= 4 is 17.6 Å². The maximum Gasteiger partial charge on any atom is 0.150 e. The van der Waals surface area contributed by atoms with E-state index >= 15 is 0 Å². The van der Waals surface area contributed by atoms with Gasteiger partial charge >= 0.3 is 0 Å². The Kier molecular flexibility index (Phi) is 3.68. The molecule has 0 aliphatic carbocycles. The van der Waals surface area contributed by atoms with E-state index in [0.29, 0.717) is 11.6 Å². The minimum atomic E-state index is -1.05. The van der Waals surface area contributed by atoms with Gasteiger partial charge in [-0.2, -0.15) is 5.26 Å². The predicted molar refractivity (Wildman–Crippen MR) is 72.8 cm³/mol. The fourth-order valence-electron chi connectivity index (χ4n) is 2.28. The molecule has 19 heavy (non-hydrogen) atoms. The van der Waals surface area contributed by atoms with Crippen LogP contribution in [0.2, 0.25) is 5.02 Å². The molecule has 0 unspecified atom stereocenters. The van der Waals surface area contributed by atoms with Crippen molar-refractivity contribution in [2.24, 2.45) is 4.99 Å². The van der Waals surface area contributed by atoms with Crippen molar-refractivity contribution in [3.05, 3.63) is 34.3 Å². The molecule has 1 aromatic carbocycles. The van der Waals surface area contributed by atoms with Crippen LogP contribution in [0.25, 0.3) is 0 Å². The highest BCUT2D eigenvalue weighted by molar-refractivity contribution is 6.30. The maximum atomic E-state index is 12.0. The molecule has 0 spiro atoms. The summed E-state index contributed by atoms with van der Waals surface area (Å²) in [7, 11) is 1.60. The number of nitriles is 1.